The van der Waals surface area contributed by atoms with E-state index in [1.165, 1.54) is 0 Å². The molecule has 164 valence electrons. The van der Waals surface area contributed by atoms with Crippen molar-refractivity contribution in [2.24, 2.45) is 0 Å². The van der Waals surface area contributed by atoms with Crippen LogP contribution in [0.1, 0.15) is 39.7 Å². The third-order valence-electron chi connectivity index (χ3n) is 4.74. The number of benzene rings is 2. The molecule has 0 spiro atoms. The van der Waals surface area contributed by atoms with Crippen LogP contribution in [0.4, 0.5) is 0 Å². The number of phenolic OH excluding ortho intramolecular Hbond substituents is 1. The molecule has 0 aliphatic carbocycles. The zero-order valence-electron chi connectivity index (χ0n) is 18.1. The molecular weight excluding hydrogens is 418 g/mol. The van der Waals surface area contributed by atoms with Gasteiger partial charge >= 0.3 is 5.97 Å². The minimum Gasteiger partial charge on any atom is -0.507 e. The summed E-state index contributed by atoms with van der Waals surface area (Å²) in [7, 11) is 0. The van der Waals surface area contributed by atoms with Gasteiger partial charge in [-0.1, -0.05) is 39.0 Å². The van der Waals surface area contributed by atoms with Gasteiger partial charge in [0.05, 0.1) is 18.2 Å². The van der Waals surface area contributed by atoms with Crippen LogP contribution in [0.25, 0.3) is 22.2 Å². The summed E-state index contributed by atoms with van der Waals surface area (Å²) in [5.74, 6) is 0.269. The van der Waals surface area contributed by atoms with Gasteiger partial charge in [-0.05, 0) is 36.6 Å². The normalized spacial score (nSPS) is 11.5. The Morgan fingerprint density at radius 3 is 2.65 bits per heavy atom. The third kappa shape index (κ3) is 4.99. The fraction of sp³-hybridized carbons (Fsp3) is 0.348. The fourth-order valence-corrected chi connectivity index (χ4v) is 3.39. The molecule has 2 aromatic carbocycles. The van der Waals surface area contributed by atoms with E-state index < -0.39 is 5.97 Å². The average Bonchev–Trinajstić information content (AvgIpc) is 3.16. The molecule has 0 bridgehead atoms. The number of aromatic hydroxyl groups is 1. The third-order valence-corrected chi connectivity index (χ3v) is 5.05. The van der Waals surface area contributed by atoms with Crippen molar-refractivity contribution in [3.8, 4) is 22.6 Å². The van der Waals surface area contributed by atoms with Gasteiger partial charge in [0.2, 0.25) is 0 Å². The van der Waals surface area contributed by atoms with Gasteiger partial charge in [-0.3, -0.25) is 0 Å². The highest BCUT2D eigenvalue weighted by Crippen LogP contribution is 2.45. The van der Waals surface area contributed by atoms with E-state index in [1.807, 2.05) is 26.8 Å². The molecule has 3 aromatic rings. The summed E-state index contributed by atoms with van der Waals surface area (Å²) in [5.41, 5.74) is 3.02. The molecule has 0 radical (unpaired) electrons. The molecule has 0 atom stereocenters. The molecule has 0 unspecified atom stereocenters. The highest BCUT2D eigenvalue weighted by atomic mass is 35.5. The highest BCUT2D eigenvalue weighted by Gasteiger charge is 2.25. The summed E-state index contributed by atoms with van der Waals surface area (Å²) < 4.78 is 11.0. The zero-order valence-corrected chi connectivity index (χ0v) is 18.8. The number of phenols is 1. The summed E-state index contributed by atoms with van der Waals surface area (Å²) in [5, 5.41) is 22.5. The zero-order chi connectivity index (χ0) is 22.8. The molecule has 1 aromatic heterocycles. The van der Waals surface area contributed by atoms with Crippen molar-refractivity contribution >= 4 is 28.6 Å². The van der Waals surface area contributed by atoms with Crippen LogP contribution < -0.4 is 4.74 Å². The summed E-state index contributed by atoms with van der Waals surface area (Å²) >= 11 is 6.50. The first-order chi connectivity index (χ1) is 14.6. The lowest BCUT2D eigenvalue weighted by molar-refractivity contribution is -0.139. The Morgan fingerprint density at radius 1 is 1.23 bits per heavy atom. The smallest absolute Gasteiger partial charge is 0.333 e. The first kappa shape index (κ1) is 22.6. The fourth-order valence-electron chi connectivity index (χ4n) is 3.13. The number of fused-ring (bicyclic) bond motifs is 1. The maximum atomic E-state index is 11.5. The topological polar surface area (TPSA) is 97.3 Å². The number of aromatic nitrogens is 3. The number of aromatic amines is 1. The predicted molar refractivity (Wildman–Crippen MR) is 121 cm³/mol. The van der Waals surface area contributed by atoms with Crippen LogP contribution in [0.3, 0.4) is 0 Å². The molecule has 0 aliphatic rings. The number of nitrogens with zero attached hydrogens (tertiary/aromatic N) is 2. The molecule has 3 rings (SSSR count). The summed E-state index contributed by atoms with van der Waals surface area (Å²) in [6.45, 7) is 11.7. The first-order valence-corrected chi connectivity index (χ1v) is 10.3. The minimum absolute atomic E-state index is 0.118. The van der Waals surface area contributed by atoms with Crippen LogP contribution in [-0.2, 0) is 14.9 Å². The number of rotatable bonds is 7. The van der Waals surface area contributed by atoms with E-state index in [-0.39, 0.29) is 17.8 Å². The number of carbonyl (C=O) groups is 1. The Labute approximate surface area is 186 Å². The molecule has 2 N–H and O–H groups in total. The Balaban J connectivity index is 1.93. The van der Waals surface area contributed by atoms with E-state index in [9.17, 15) is 9.90 Å². The van der Waals surface area contributed by atoms with Crippen LogP contribution in [0.15, 0.2) is 36.4 Å². The lowest BCUT2D eigenvalue weighted by atomic mass is 9.84. The Morgan fingerprint density at radius 2 is 1.97 bits per heavy atom. The number of H-pyrrole nitrogens is 1. The molecule has 0 saturated carbocycles. The summed E-state index contributed by atoms with van der Waals surface area (Å²) in [4.78, 5) is 11.5. The van der Waals surface area contributed by atoms with Gasteiger partial charge < -0.3 is 14.6 Å². The molecule has 8 heteroatoms. The molecular formula is C23H26ClN3O4. The number of nitrogens with one attached hydrogen (secondary N) is 1. The maximum Gasteiger partial charge on any atom is 0.333 e. The van der Waals surface area contributed by atoms with Crippen LogP contribution in [0.2, 0.25) is 5.02 Å². The Kier molecular flexibility index (Phi) is 6.55. The molecule has 0 saturated heterocycles. The van der Waals surface area contributed by atoms with E-state index in [2.05, 4.69) is 22.0 Å². The van der Waals surface area contributed by atoms with Crippen LogP contribution in [-0.4, -0.2) is 39.7 Å². The maximum absolute atomic E-state index is 11.5. The van der Waals surface area contributed by atoms with Crippen molar-refractivity contribution in [3.05, 3.63) is 47.0 Å². The van der Waals surface area contributed by atoms with Crippen LogP contribution >= 0.6 is 11.6 Å². The van der Waals surface area contributed by atoms with E-state index in [4.69, 9.17) is 21.1 Å². The van der Waals surface area contributed by atoms with Gasteiger partial charge in [-0.2, -0.15) is 15.4 Å². The van der Waals surface area contributed by atoms with Gasteiger partial charge in [0, 0.05) is 28.7 Å². The second-order valence-corrected chi connectivity index (χ2v) is 8.76. The largest absolute Gasteiger partial charge is 0.507 e. The van der Waals surface area contributed by atoms with E-state index >= 15 is 0 Å². The second-order valence-electron chi connectivity index (χ2n) is 8.35. The van der Waals surface area contributed by atoms with Gasteiger partial charge in [-0.25, -0.2) is 4.79 Å². The van der Waals surface area contributed by atoms with Gasteiger partial charge in [0.15, 0.2) is 0 Å². The number of hydrogen-bond acceptors (Lipinski definition) is 6. The van der Waals surface area contributed by atoms with E-state index in [0.29, 0.717) is 57.1 Å². The lowest BCUT2D eigenvalue weighted by Gasteiger charge is -2.24. The number of halogens is 1. The van der Waals surface area contributed by atoms with E-state index in [0.717, 1.165) is 0 Å². The van der Waals surface area contributed by atoms with Crippen molar-refractivity contribution in [1.29, 1.82) is 0 Å². The number of ether oxygens (including phenoxy) is 2. The molecule has 7 nitrogen and oxygen atoms in total. The minimum atomic E-state index is -0.419. The quantitative estimate of drug-likeness (QED) is 0.297. The van der Waals surface area contributed by atoms with Gasteiger partial charge in [-0.15, -0.1) is 0 Å². The Hall–Kier alpha value is -3.06. The Bertz CT molecular complexity index is 1130. The standard InChI is InChI=1S/C23H26ClN3O4/c1-13(2)22(29)31-10-6-9-30-14-11-15(21(28)16(12-14)23(3,4)5)19-17(24)7-8-18-20(19)26-27-25-18/h7-8,11-12,28H,1,6,9-10H2,2-5H3,(H,25,26,27). The SMILES string of the molecule is C=C(C)C(=O)OCCCOc1cc(-c2c(Cl)ccc3n[nH]nc23)c(O)c(C(C)(C)C)c1. The van der Waals surface area contributed by atoms with Crippen LogP contribution in [0, 0.1) is 0 Å². The molecule has 0 amide bonds. The molecule has 31 heavy (non-hydrogen) atoms. The van der Waals surface area contributed by atoms with Crippen molar-refractivity contribution in [2.45, 2.75) is 39.5 Å². The molecule has 1 heterocycles. The number of esters is 1. The second kappa shape index (κ2) is 8.98. The monoisotopic (exact) mass is 443 g/mol. The van der Waals surface area contributed by atoms with Gasteiger partial charge in [0.25, 0.3) is 0 Å². The average molecular weight is 444 g/mol. The first-order valence-electron chi connectivity index (χ1n) is 9.92. The molecule has 0 fully saturated rings. The van der Waals surface area contributed by atoms with E-state index in [1.54, 1.807) is 25.1 Å². The van der Waals surface area contributed by atoms with Crippen molar-refractivity contribution in [3.63, 3.8) is 0 Å². The van der Waals surface area contributed by atoms with Crippen molar-refractivity contribution in [2.75, 3.05) is 13.2 Å². The van der Waals surface area contributed by atoms with Crippen molar-refractivity contribution < 1.29 is 19.4 Å². The number of carbonyl (C=O) groups excluding carboxylic acids is 1. The van der Waals surface area contributed by atoms with Crippen molar-refractivity contribution in [1.82, 2.24) is 15.4 Å². The highest BCUT2D eigenvalue weighted by molar-refractivity contribution is 6.35. The molecule has 0 aliphatic heterocycles. The predicted octanol–water partition coefficient (Wildman–Crippen LogP) is 5.17. The lowest BCUT2D eigenvalue weighted by Crippen LogP contribution is -2.13. The van der Waals surface area contributed by atoms with Crippen LogP contribution in [0.5, 0.6) is 11.5 Å². The summed E-state index contributed by atoms with van der Waals surface area (Å²) in [6, 6.07) is 7.04. The summed E-state index contributed by atoms with van der Waals surface area (Å²) in [6.07, 6.45) is 0.514. The van der Waals surface area contributed by atoms with Gasteiger partial charge in [0.1, 0.15) is 22.5 Å². The number of hydrogen-bond donors (Lipinski definition) is 2.